The van der Waals surface area contributed by atoms with Crippen LogP contribution in [0.3, 0.4) is 0 Å². The first-order valence-corrected chi connectivity index (χ1v) is 8.14. The number of halogens is 1. The molecule has 0 fully saturated rings. The molecule has 1 heterocycles. The fraction of sp³-hybridized carbons (Fsp3) is 0.0526. The number of benzene rings is 2. The molecule has 1 amide bonds. The third-order valence-corrected chi connectivity index (χ3v) is 3.76. The summed E-state index contributed by atoms with van der Waals surface area (Å²) in [5.41, 5.74) is 1.76. The normalized spacial score (nSPS) is 10.4. The van der Waals surface area contributed by atoms with Crippen LogP contribution in [0.1, 0.15) is 16.1 Å². The maximum atomic E-state index is 12.9. The number of carbonyl (C=O) groups excluding carboxylic acids is 1. The van der Waals surface area contributed by atoms with Gasteiger partial charge in [0.25, 0.3) is 5.91 Å². The Morgan fingerprint density at radius 3 is 2.58 bits per heavy atom. The second kappa shape index (κ2) is 7.90. The first kappa shape index (κ1) is 17.8. The number of anilines is 1. The van der Waals surface area contributed by atoms with Crippen LogP contribution >= 0.6 is 12.2 Å². The minimum absolute atomic E-state index is 0.118. The quantitative estimate of drug-likeness (QED) is 0.611. The molecule has 5 nitrogen and oxygen atoms in total. The number of hydrogen-bond acceptors (Lipinski definition) is 4. The highest BCUT2D eigenvalue weighted by Crippen LogP contribution is 2.24. The zero-order chi connectivity index (χ0) is 18.5. The fourth-order valence-corrected chi connectivity index (χ4v) is 2.52. The van der Waals surface area contributed by atoms with Gasteiger partial charge in [-0.3, -0.25) is 10.1 Å². The van der Waals surface area contributed by atoms with E-state index in [4.69, 9.17) is 21.7 Å². The van der Waals surface area contributed by atoms with E-state index in [9.17, 15) is 9.18 Å². The Morgan fingerprint density at radius 1 is 1.12 bits per heavy atom. The fourth-order valence-electron chi connectivity index (χ4n) is 2.31. The van der Waals surface area contributed by atoms with Crippen molar-refractivity contribution in [2.45, 2.75) is 6.61 Å². The molecule has 0 saturated heterocycles. The van der Waals surface area contributed by atoms with Crippen molar-refractivity contribution in [3.05, 3.63) is 77.8 Å². The van der Waals surface area contributed by atoms with Crippen molar-refractivity contribution >= 4 is 28.9 Å². The summed E-state index contributed by atoms with van der Waals surface area (Å²) in [6.07, 6.45) is 0. The Kier molecular flexibility index (Phi) is 5.40. The number of carbonyl (C=O) groups is 1. The van der Waals surface area contributed by atoms with Crippen molar-refractivity contribution in [3.63, 3.8) is 0 Å². The topological polar surface area (TPSA) is 74.5 Å². The van der Waals surface area contributed by atoms with Crippen LogP contribution in [0, 0.1) is 5.82 Å². The monoisotopic (exact) mass is 370 g/mol. The second-order valence-corrected chi connectivity index (χ2v) is 5.83. The number of hydrogen-bond donors (Lipinski definition) is 3. The summed E-state index contributed by atoms with van der Waals surface area (Å²) < 4.78 is 18.4. The maximum Gasteiger partial charge on any atom is 0.257 e. The molecule has 2 aromatic carbocycles. The lowest BCUT2D eigenvalue weighted by Gasteiger charge is -2.10. The first-order chi connectivity index (χ1) is 12.5. The summed E-state index contributed by atoms with van der Waals surface area (Å²) in [6.45, 7) is -0.169. The van der Waals surface area contributed by atoms with E-state index in [0.717, 1.165) is 5.56 Å². The average Bonchev–Trinajstić information content (AvgIpc) is 3.11. The number of aliphatic hydroxyl groups is 1. The average molecular weight is 370 g/mol. The van der Waals surface area contributed by atoms with E-state index in [0.29, 0.717) is 22.8 Å². The lowest BCUT2D eigenvalue weighted by atomic mass is 10.1. The largest absolute Gasteiger partial charge is 0.459 e. The molecule has 132 valence electrons. The molecule has 0 bridgehead atoms. The van der Waals surface area contributed by atoms with E-state index in [1.807, 2.05) is 12.1 Å². The van der Waals surface area contributed by atoms with Crippen LogP contribution in [0.5, 0.6) is 0 Å². The van der Waals surface area contributed by atoms with Gasteiger partial charge in [0.15, 0.2) is 5.11 Å². The second-order valence-electron chi connectivity index (χ2n) is 5.42. The highest BCUT2D eigenvalue weighted by molar-refractivity contribution is 7.80. The summed E-state index contributed by atoms with van der Waals surface area (Å²) in [5, 5.41) is 14.7. The predicted octanol–water partition coefficient (Wildman–Crippen LogP) is 3.70. The van der Waals surface area contributed by atoms with Crippen molar-refractivity contribution in [3.8, 4) is 11.3 Å². The third-order valence-electron chi connectivity index (χ3n) is 3.56. The number of aliphatic hydroxyl groups excluding tert-OH is 1. The molecule has 0 radical (unpaired) electrons. The molecular formula is C19H15FN2O3S. The highest BCUT2D eigenvalue weighted by Gasteiger charge is 2.09. The number of amides is 1. The van der Waals surface area contributed by atoms with Gasteiger partial charge >= 0.3 is 0 Å². The lowest BCUT2D eigenvalue weighted by Crippen LogP contribution is -2.34. The molecule has 0 atom stereocenters. The first-order valence-electron chi connectivity index (χ1n) is 7.73. The van der Waals surface area contributed by atoms with E-state index in [-0.39, 0.29) is 11.7 Å². The van der Waals surface area contributed by atoms with Gasteiger partial charge in [-0.15, -0.1) is 0 Å². The molecule has 3 rings (SSSR count). The summed E-state index contributed by atoms with van der Waals surface area (Å²) in [6, 6.07) is 15.9. The zero-order valence-corrected chi connectivity index (χ0v) is 14.3. The minimum atomic E-state index is -0.433. The van der Waals surface area contributed by atoms with Gasteiger partial charge in [0.05, 0.1) is 0 Å². The third kappa shape index (κ3) is 4.33. The van der Waals surface area contributed by atoms with Crippen LogP contribution in [0.4, 0.5) is 10.1 Å². The molecule has 0 aliphatic heterocycles. The van der Waals surface area contributed by atoms with Crippen LogP contribution in [0.15, 0.2) is 65.1 Å². The molecule has 0 unspecified atom stereocenters. The molecule has 7 heteroatoms. The molecule has 0 aliphatic rings. The molecule has 0 spiro atoms. The van der Waals surface area contributed by atoms with Crippen LogP contribution < -0.4 is 10.6 Å². The molecule has 0 aliphatic carbocycles. The number of furan rings is 1. The van der Waals surface area contributed by atoms with Gasteiger partial charge in [0, 0.05) is 16.8 Å². The SMILES string of the molecule is O=C(NC(=S)Nc1cccc(-c2ccc(CO)o2)c1)c1ccc(F)cc1. The molecular weight excluding hydrogens is 355 g/mol. The number of nitrogens with one attached hydrogen (secondary N) is 2. The van der Waals surface area contributed by atoms with Crippen LogP contribution in [0.2, 0.25) is 0 Å². The molecule has 3 aromatic rings. The van der Waals surface area contributed by atoms with E-state index < -0.39 is 11.7 Å². The Morgan fingerprint density at radius 2 is 1.88 bits per heavy atom. The summed E-state index contributed by atoms with van der Waals surface area (Å²) >= 11 is 5.15. The van der Waals surface area contributed by atoms with Crippen molar-refractivity contribution < 1.29 is 18.7 Å². The van der Waals surface area contributed by atoms with Crippen LogP contribution in [0.25, 0.3) is 11.3 Å². The van der Waals surface area contributed by atoms with Gasteiger partial charge in [-0.25, -0.2) is 4.39 Å². The Labute approximate surface area is 154 Å². The van der Waals surface area contributed by atoms with Crippen molar-refractivity contribution in [2.24, 2.45) is 0 Å². The Balaban J connectivity index is 1.66. The van der Waals surface area contributed by atoms with E-state index >= 15 is 0 Å². The molecule has 26 heavy (non-hydrogen) atoms. The molecule has 0 saturated carbocycles. The molecule has 3 N–H and O–H groups in total. The highest BCUT2D eigenvalue weighted by atomic mass is 32.1. The summed E-state index contributed by atoms with van der Waals surface area (Å²) in [7, 11) is 0. The predicted molar refractivity (Wildman–Crippen MR) is 100 cm³/mol. The molecule has 1 aromatic heterocycles. The van der Waals surface area contributed by atoms with Crippen LogP contribution in [-0.4, -0.2) is 16.1 Å². The van der Waals surface area contributed by atoms with Gasteiger partial charge in [0.1, 0.15) is 23.9 Å². The van der Waals surface area contributed by atoms with Crippen molar-refractivity contribution in [1.29, 1.82) is 0 Å². The smallest absolute Gasteiger partial charge is 0.257 e. The minimum Gasteiger partial charge on any atom is -0.459 e. The van der Waals surface area contributed by atoms with Gasteiger partial charge in [-0.2, -0.15) is 0 Å². The standard InChI is InChI=1S/C19H15FN2O3S/c20-14-6-4-12(5-7-14)18(24)22-19(26)21-15-3-1-2-13(10-15)17-9-8-16(11-23)25-17/h1-10,23H,11H2,(H2,21,22,24,26). The van der Waals surface area contributed by atoms with Gasteiger partial charge in [-0.1, -0.05) is 12.1 Å². The van der Waals surface area contributed by atoms with Gasteiger partial charge in [0.2, 0.25) is 0 Å². The Hall–Kier alpha value is -3.03. The van der Waals surface area contributed by atoms with Gasteiger partial charge < -0.3 is 14.8 Å². The zero-order valence-electron chi connectivity index (χ0n) is 13.5. The van der Waals surface area contributed by atoms with Crippen molar-refractivity contribution in [2.75, 3.05) is 5.32 Å². The number of rotatable bonds is 4. The van der Waals surface area contributed by atoms with Gasteiger partial charge in [-0.05, 0) is 60.7 Å². The number of thiocarbonyl (C=S) groups is 1. The van der Waals surface area contributed by atoms with E-state index in [2.05, 4.69) is 10.6 Å². The lowest BCUT2D eigenvalue weighted by molar-refractivity contribution is 0.0977. The Bertz CT molecular complexity index is 938. The van der Waals surface area contributed by atoms with Crippen molar-refractivity contribution in [1.82, 2.24) is 5.32 Å². The summed E-state index contributed by atoms with van der Waals surface area (Å²) in [4.78, 5) is 12.1. The van der Waals surface area contributed by atoms with E-state index in [1.54, 1.807) is 24.3 Å². The summed E-state index contributed by atoms with van der Waals surface area (Å²) in [5.74, 6) is 0.234. The van der Waals surface area contributed by atoms with Crippen LogP contribution in [-0.2, 0) is 6.61 Å². The maximum absolute atomic E-state index is 12.9. The van der Waals surface area contributed by atoms with E-state index in [1.165, 1.54) is 24.3 Å².